The van der Waals surface area contributed by atoms with E-state index in [2.05, 4.69) is 24.5 Å². The van der Waals surface area contributed by atoms with Crippen LogP contribution in [0.5, 0.6) is 0 Å². The molecular weight excluding hydrogens is 498 g/mol. The van der Waals surface area contributed by atoms with E-state index in [1.807, 2.05) is 52.0 Å². The molecule has 220 valence electrons. The first-order valence-corrected chi connectivity index (χ1v) is 13.8. The van der Waals surface area contributed by atoms with Gasteiger partial charge in [0.15, 0.2) is 0 Å². The summed E-state index contributed by atoms with van der Waals surface area (Å²) in [5, 5.41) is 5.41. The molecular formula is C30H49N3O6. The molecule has 9 heteroatoms. The largest absolute Gasteiger partial charge is 0.468 e. The van der Waals surface area contributed by atoms with E-state index in [4.69, 9.17) is 9.47 Å². The lowest BCUT2D eigenvalue weighted by Crippen LogP contribution is -2.56. The molecule has 39 heavy (non-hydrogen) atoms. The first-order chi connectivity index (χ1) is 18.1. The maximum absolute atomic E-state index is 14.4. The van der Waals surface area contributed by atoms with Crippen LogP contribution in [-0.2, 0) is 23.9 Å². The van der Waals surface area contributed by atoms with Gasteiger partial charge in [0.25, 0.3) is 0 Å². The Morgan fingerprint density at radius 2 is 1.56 bits per heavy atom. The van der Waals surface area contributed by atoms with Crippen LogP contribution >= 0.6 is 0 Å². The van der Waals surface area contributed by atoms with Gasteiger partial charge in [0, 0.05) is 6.04 Å². The number of nitrogens with zero attached hydrogens (tertiary/aromatic N) is 1. The lowest BCUT2D eigenvalue weighted by atomic mass is 9.93. The second kappa shape index (κ2) is 15.5. The molecule has 0 aliphatic rings. The number of benzene rings is 1. The van der Waals surface area contributed by atoms with Crippen molar-refractivity contribution < 1.29 is 28.7 Å². The summed E-state index contributed by atoms with van der Waals surface area (Å²) in [4.78, 5) is 54.3. The number of ether oxygens (including phenoxy) is 2. The van der Waals surface area contributed by atoms with Gasteiger partial charge in [-0.15, -0.1) is 0 Å². The maximum atomic E-state index is 14.4. The normalized spacial score (nSPS) is 13.8. The van der Waals surface area contributed by atoms with Crippen LogP contribution in [0.1, 0.15) is 91.8 Å². The average molecular weight is 548 g/mol. The average Bonchev–Trinajstić information content (AvgIpc) is 2.82. The standard InChI is InChI=1S/C30H49N3O6/c1-19(2)15-16-22(6)33(28(36)24(17-20(3)4)32-29(37)39-30(7,8)9)26(23-14-12-11-13-21(23)5)27(35)31-18-25(34)38-10/h11-14,19-20,22,24,26H,15-18H2,1-10H3,(H,31,35)(H,32,37). The van der Waals surface area contributed by atoms with E-state index in [0.29, 0.717) is 24.3 Å². The summed E-state index contributed by atoms with van der Waals surface area (Å²) in [5.74, 6) is -1.01. The van der Waals surface area contributed by atoms with E-state index >= 15 is 0 Å². The number of carbonyl (C=O) groups excluding carboxylic acids is 4. The van der Waals surface area contributed by atoms with Crippen molar-refractivity contribution >= 4 is 23.9 Å². The number of methoxy groups -OCH3 is 1. The van der Waals surface area contributed by atoms with Crippen LogP contribution in [0.4, 0.5) is 4.79 Å². The smallest absolute Gasteiger partial charge is 0.408 e. The molecule has 2 N–H and O–H groups in total. The molecule has 0 heterocycles. The number of amides is 3. The topological polar surface area (TPSA) is 114 Å². The molecule has 0 aromatic heterocycles. The highest BCUT2D eigenvalue weighted by Gasteiger charge is 2.39. The van der Waals surface area contributed by atoms with E-state index in [1.54, 1.807) is 25.7 Å². The number of hydrogen-bond acceptors (Lipinski definition) is 6. The fourth-order valence-electron chi connectivity index (χ4n) is 4.27. The fraction of sp³-hybridized carbons (Fsp3) is 0.667. The minimum absolute atomic E-state index is 0.0757. The van der Waals surface area contributed by atoms with Gasteiger partial charge in [-0.1, -0.05) is 52.0 Å². The molecule has 0 aliphatic heterocycles. The number of alkyl carbamates (subject to hydrolysis) is 1. The lowest BCUT2D eigenvalue weighted by Gasteiger charge is -2.39. The number of esters is 1. The minimum Gasteiger partial charge on any atom is -0.468 e. The number of rotatable bonds is 13. The second-order valence-corrected chi connectivity index (χ2v) is 11.9. The zero-order valence-corrected chi connectivity index (χ0v) is 25.4. The quantitative estimate of drug-likeness (QED) is 0.339. The molecule has 0 saturated carbocycles. The lowest BCUT2D eigenvalue weighted by molar-refractivity contribution is -0.147. The number of hydrogen-bond donors (Lipinski definition) is 2. The molecule has 0 radical (unpaired) electrons. The molecule has 3 amide bonds. The fourth-order valence-corrected chi connectivity index (χ4v) is 4.27. The molecule has 1 rings (SSSR count). The molecule has 3 unspecified atom stereocenters. The second-order valence-electron chi connectivity index (χ2n) is 11.9. The highest BCUT2D eigenvalue weighted by atomic mass is 16.6. The van der Waals surface area contributed by atoms with Crippen molar-refractivity contribution in [2.24, 2.45) is 11.8 Å². The summed E-state index contributed by atoms with van der Waals surface area (Å²) in [7, 11) is 1.25. The molecule has 0 bridgehead atoms. The Morgan fingerprint density at radius 1 is 0.949 bits per heavy atom. The first-order valence-electron chi connectivity index (χ1n) is 13.8. The van der Waals surface area contributed by atoms with Gasteiger partial charge in [-0.25, -0.2) is 4.79 Å². The predicted octanol–water partition coefficient (Wildman–Crippen LogP) is 4.92. The van der Waals surface area contributed by atoms with Gasteiger partial charge in [0.05, 0.1) is 7.11 Å². The SMILES string of the molecule is COC(=O)CNC(=O)C(c1ccccc1C)N(C(=O)C(CC(C)C)NC(=O)OC(C)(C)C)C(C)CCC(C)C. The molecule has 0 fully saturated rings. The van der Waals surface area contributed by atoms with Crippen LogP contribution < -0.4 is 10.6 Å². The van der Waals surface area contributed by atoms with Crippen LogP contribution in [0.2, 0.25) is 0 Å². The monoisotopic (exact) mass is 547 g/mol. The molecule has 1 aromatic rings. The molecule has 0 aliphatic carbocycles. The Balaban J connectivity index is 3.64. The predicted molar refractivity (Wildman–Crippen MR) is 152 cm³/mol. The van der Waals surface area contributed by atoms with Crippen LogP contribution in [0, 0.1) is 18.8 Å². The zero-order valence-electron chi connectivity index (χ0n) is 25.4. The third kappa shape index (κ3) is 11.7. The summed E-state index contributed by atoms with van der Waals surface area (Å²) in [6.07, 6.45) is 1.15. The number of carbonyl (C=O) groups is 4. The molecule has 3 atom stereocenters. The molecule has 0 saturated heterocycles. The Morgan fingerprint density at radius 3 is 2.08 bits per heavy atom. The van der Waals surface area contributed by atoms with Crippen molar-refractivity contribution in [2.45, 2.75) is 105 Å². The van der Waals surface area contributed by atoms with Crippen LogP contribution in [-0.4, -0.2) is 60.1 Å². The van der Waals surface area contributed by atoms with Crippen LogP contribution in [0.25, 0.3) is 0 Å². The van der Waals surface area contributed by atoms with Gasteiger partial charge in [-0.05, 0) is 76.8 Å². The van der Waals surface area contributed by atoms with Crippen LogP contribution in [0.3, 0.4) is 0 Å². The third-order valence-electron chi connectivity index (χ3n) is 6.23. The van der Waals surface area contributed by atoms with Crippen LogP contribution in [0.15, 0.2) is 24.3 Å². The van der Waals surface area contributed by atoms with Gasteiger partial charge in [-0.3, -0.25) is 14.4 Å². The first kappa shape index (κ1) is 33.9. The van der Waals surface area contributed by atoms with E-state index in [1.165, 1.54) is 7.11 Å². The van der Waals surface area contributed by atoms with Gasteiger partial charge in [0.1, 0.15) is 24.2 Å². The van der Waals surface area contributed by atoms with Crippen molar-refractivity contribution in [2.75, 3.05) is 13.7 Å². The van der Waals surface area contributed by atoms with E-state index in [9.17, 15) is 19.2 Å². The third-order valence-corrected chi connectivity index (χ3v) is 6.23. The number of aryl methyl sites for hydroxylation is 1. The molecule has 0 spiro atoms. The Kier molecular flexibility index (Phi) is 13.5. The Labute approximate surface area is 234 Å². The number of nitrogens with one attached hydrogen (secondary N) is 2. The van der Waals surface area contributed by atoms with Gasteiger partial charge in [0.2, 0.25) is 11.8 Å². The van der Waals surface area contributed by atoms with Gasteiger partial charge >= 0.3 is 12.1 Å². The summed E-state index contributed by atoms with van der Waals surface area (Å²) in [5.41, 5.74) is 0.729. The summed E-state index contributed by atoms with van der Waals surface area (Å²) in [6.45, 7) is 16.9. The summed E-state index contributed by atoms with van der Waals surface area (Å²) < 4.78 is 10.2. The highest BCUT2D eigenvalue weighted by molar-refractivity contribution is 5.93. The van der Waals surface area contributed by atoms with Crippen molar-refractivity contribution in [3.8, 4) is 0 Å². The van der Waals surface area contributed by atoms with E-state index in [0.717, 1.165) is 12.0 Å². The Hall–Kier alpha value is -3.10. The minimum atomic E-state index is -1.03. The van der Waals surface area contributed by atoms with Gasteiger partial charge in [-0.2, -0.15) is 0 Å². The molecule has 9 nitrogen and oxygen atoms in total. The maximum Gasteiger partial charge on any atom is 0.408 e. The van der Waals surface area contributed by atoms with Crippen molar-refractivity contribution in [3.63, 3.8) is 0 Å². The summed E-state index contributed by atoms with van der Waals surface area (Å²) >= 11 is 0. The molecule has 1 aromatic carbocycles. The van der Waals surface area contributed by atoms with E-state index < -0.39 is 35.7 Å². The van der Waals surface area contributed by atoms with Crippen molar-refractivity contribution in [3.05, 3.63) is 35.4 Å². The van der Waals surface area contributed by atoms with E-state index in [-0.39, 0.29) is 24.4 Å². The van der Waals surface area contributed by atoms with Crippen molar-refractivity contribution in [1.82, 2.24) is 15.5 Å². The highest BCUT2D eigenvalue weighted by Crippen LogP contribution is 2.30. The Bertz CT molecular complexity index is 970. The summed E-state index contributed by atoms with van der Waals surface area (Å²) in [6, 6.07) is 5.08. The van der Waals surface area contributed by atoms with Gasteiger partial charge < -0.3 is 25.0 Å². The van der Waals surface area contributed by atoms with Crippen molar-refractivity contribution in [1.29, 1.82) is 0 Å². The zero-order chi connectivity index (χ0) is 29.9.